The van der Waals surface area contributed by atoms with Crippen LogP contribution in [0.2, 0.25) is 0 Å². The van der Waals surface area contributed by atoms with Gasteiger partial charge in [-0.2, -0.15) is 0 Å². The van der Waals surface area contributed by atoms with Crippen molar-refractivity contribution in [3.63, 3.8) is 0 Å². The molecule has 2 heterocycles. The lowest BCUT2D eigenvalue weighted by atomic mass is 9.89. The second-order valence-electron chi connectivity index (χ2n) is 7.33. The summed E-state index contributed by atoms with van der Waals surface area (Å²) in [5.41, 5.74) is -0.0210. The molecule has 1 saturated carbocycles. The van der Waals surface area contributed by atoms with Gasteiger partial charge in [-0.15, -0.1) is 0 Å². The molecule has 3 rings (SSSR count). The minimum absolute atomic E-state index is 0.0210. The van der Waals surface area contributed by atoms with Gasteiger partial charge in [0.1, 0.15) is 0 Å². The Balaban J connectivity index is 1.56. The minimum atomic E-state index is -3.06. The van der Waals surface area contributed by atoms with E-state index in [1.807, 2.05) is 0 Å². The van der Waals surface area contributed by atoms with Crippen LogP contribution >= 0.6 is 0 Å². The molecule has 0 aromatic carbocycles. The number of ether oxygens (including phenoxy) is 1. The predicted molar refractivity (Wildman–Crippen MR) is 88.1 cm³/mol. The fraction of sp³-hybridized carbons (Fsp3) is 0.938. The fourth-order valence-electron chi connectivity index (χ4n) is 4.06. The molecule has 2 saturated heterocycles. The van der Waals surface area contributed by atoms with Crippen molar-refractivity contribution in [3.8, 4) is 0 Å². The van der Waals surface area contributed by atoms with E-state index < -0.39 is 9.84 Å². The van der Waals surface area contributed by atoms with Crippen LogP contribution in [-0.4, -0.2) is 61.7 Å². The molecule has 2 amide bonds. The number of nitrogens with zero attached hydrogens (tertiary/aromatic N) is 1. The van der Waals surface area contributed by atoms with Crippen molar-refractivity contribution in [2.45, 2.75) is 68.8 Å². The Morgan fingerprint density at radius 2 is 1.96 bits per heavy atom. The van der Waals surface area contributed by atoms with Gasteiger partial charge in [0, 0.05) is 25.7 Å². The molecule has 1 spiro atoms. The first-order chi connectivity index (χ1) is 10.9. The van der Waals surface area contributed by atoms with E-state index in [2.05, 4.69) is 5.32 Å². The van der Waals surface area contributed by atoms with Gasteiger partial charge in [0.2, 0.25) is 0 Å². The number of rotatable bonds is 1. The number of urea groups is 1. The second kappa shape index (κ2) is 6.59. The summed E-state index contributed by atoms with van der Waals surface area (Å²) in [5, 5.41) is 2.77. The Labute approximate surface area is 138 Å². The first-order valence-electron chi connectivity index (χ1n) is 8.81. The topological polar surface area (TPSA) is 75.7 Å². The molecule has 2 atom stereocenters. The number of sulfone groups is 1. The van der Waals surface area contributed by atoms with Crippen molar-refractivity contribution in [2.24, 2.45) is 0 Å². The van der Waals surface area contributed by atoms with Crippen LogP contribution in [0.1, 0.15) is 51.9 Å². The highest BCUT2D eigenvalue weighted by atomic mass is 32.2. The molecule has 2 aliphatic heterocycles. The summed E-state index contributed by atoms with van der Waals surface area (Å²) in [6.45, 7) is 3.25. The standard InChI is InChI=1S/C16H28N2O4S/c1-13-4-8-18(9-11-23(13,20)21)15(19)17-14-5-10-22-16(12-14)6-2-3-7-16/h13-14H,2-12H2,1H3,(H,17,19). The van der Waals surface area contributed by atoms with E-state index in [0.717, 1.165) is 25.7 Å². The minimum Gasteiger partial charge on any atom is -0.375 e. The monoisotopic (exact) mass is 344 g/mol. The van der Waals surface area contributed by atoms with Crippen molar-refractivity contribution in [2.75, 3.05) is 25.4 Å². The van der Waals surface area contributed by atoms with Gasteiger partial charge in [-0.3, -0.25) is 0 Å². The average Bonchev–Trinajstić information content (AvgIpc) is 2.88. The number of carbonyl (C=O) groups excluding carboxylic acids is 1. The van der Waals surface area contributed by atoms with Gasteiger partial charge in [-0.1, -0.05) is 12.8 Å². The Morgan fingerprint density at radius 3 is 2.70 bits per heavy atom. The summed E-state index contributed by atoms with van der Waals surface area (Å²) in [6, 6.07) is 0.0287. The molecule has 0 bridgehead atoms. The Hall–Kier alpha value is -0.820. The Morgan fingerprint density at radius 1 is 1.22 bits per heavy atom. The molecule has 0 aromatic rings. The molecular formula is C16H28N2O4S. The van der Waals surface area contributed by atoms with Crippen molar-refractivity contribution in [1.29, 1.82) is 0 Å². The quantitative estimate of drug-likeness (QED) is 0.785. The van der Waals surface area contributed by atoms with Gasteiger partial charge in [-0.25, -0.2) is 13.2 Å². The van der Waals surface area contributed by atoms with E-state index in [4.69, 9.17) is 4.74 Å². The lowest BCUT2D eigenvalue weighted by Crippen LogP contribution is -2.51. The van der Waals surface area contributed by atoms with Gasteiger partial charge in [0.25, 0.3) is 0 Å². The summed E-state index contributed by atoms with van der Waals surface area (Å²) < 4.78 is 29.9. The third-order valence-corrected chi connectivity index (χ3v) is 7.90. The molecule has 3 aliphatic rings. The maximum absolute atomic E-state index is 12.5. The van der Waals surface area contributed by atoms with E-state index >= 15 is 0 Å². The number of hydrogen-bond donors (Lipinski definition) is 1. The van der Waals surface area contributed by atoms with Crippen LogP contribution in [0.5, 0.6) is 0 Å². The lowest BCUT2D eigenvalue weighted by Gasteiger charge is -2.39. The highest BCUT2D eigenvalue weighted by Crippen LogP contribution is 2.40. The number of hydrogen-bond acceptors (Lipinski definition) is 4. The molecule has 0 radical (unpaired) electrons. The third-order valence-electron chi connectivity index (χ3n) is 5.69. The van der Waals surface area contributed by atoms with Gasteiger partial charge >= 0.3 is 6.03 Å². The van der Waals surface area contributed by atoms with Crippen molar-refractivity contribution < 1.29 is 17.9 Å². The van der Waals surface area contributed by atoms with Crippen LogP contribution < -0.4 is 5.32 Å². The summed E-state index contributed by atoms with van der Waals surface area (Å²) in [5.74, 6) is 0.0688. The highest BCUT2D eigenvalue weighted by Gasteiger charge is 2.40. The number of amides is 2. The molecule has 2 unspecified atom stereocenters. The Kier molecular flexibility index (Phi) is 4.88. The van der Waals surface area contributed by atoms with Crippen molar-refractivity contribution >= 4 is 15.9 Å². The van der Waals surface area contributed by atoms with E-state index in [0.29, 0.717) is 26.1 Å². The molecule has 7 heteroatoms. The van der Waals surface area contributed by atoms with Gasteiger partial charge in [-0.05, 0) is 39.0 Å². The Bertz CT molecular complexity index is 542. The zero-order chi connectivity index (χ0) is 16.5. The van der Waals surface area contributed by atoms with Gasteiger partial charge in [0.05, 0.1) is 16.6 Å². The van der Waals surface area contributed by atoms with E-state index in [-0.39, 0.29) is 28.7 Å². The third kappa shape index (κ3) is 3.82. The van der Waals surface area contributed by atoms with Crippen LogP contribution in [0.25, 0.3) is 0 Å². The van der Waals surface area contributed by atoms with Gasteiger partial charge in [0.15, 0.2) is 9.84 Å². The lowest BCUT2D eigenvalue weighted by molar-refractivity contribution is -0.0823. The molecular weight excluding hydrogens is 316 g/mol. The van der Waals surface area contributed by atoms with Crippen LogP contribution in [0.3, 0.4) is 0 Å². The molecule has 1 N–H and O–H groups in total. The SMILES string of the molecule is CC1CCN(C(=O)NC2CCOC3(CCCC3)C2)CCS1(=O)=O. The van der Waals surface area contributed by atoms with Crippen LogP contribution in [-0.2, 0) is 14.6 Å². The zero-order valence-electron chi connectivity index (χ0n) is 13.9. The molecule has 0 aromatic heterocycles. The molecule has 132 valence electrons. The largest absolute Gasteiger partial charge is 0.375 e. The van der Waals surface area contributed by atoms with Crippen LogP contribution in [0.4, 0.5) is 4.79 Å². The summed E-state index contributed by atoms with van der Waals surface area (Å²) >= 11 is 0. The highest BCUT2D eigenvalue weighted by molar-refractivity contribution is 7.92. The summed E-state index contributed by atoms with van der Waals surface area (Å²) in [6.07, 6.45) is 6.87. The summed E-state index contributed by atoms with van der Waals surface area (Å²) in [7, 11) is -3.06. The molecule has 6 nitrogen and oxygen atoms in total. The number of nitrogens with one attached hydrogen (secondary N) is 1. The van der Waals surface area contributed by atoms with E-state index in [1.54, 1.807) is 11.8 Å². The van der Waals surface area contributed by atoms with Crippen molar-refractivity contribution in [1.82, 2.24) is 10.2 Å². The summed E-state index contributed by atoms with van der Waals surface area (Å²) in [4.78, 5) is 14.2. The van der Waals surface area contributed by atoms with Crippen LogP contribution in [0, 0.1) is 0 Å². The zero-order valence-corrected chi connectivity index (χ0v) is 14.7. The maximum atomic E-state index is 12.5. The maximum Gasteiger partial charge on any atom is 0.317 e. The van der Waals surface area contributed by atoms with E-state index in [1.165, 1.54) is 12.8 Å². The first kappa shape index (κ1) is 17.0. The van der Waals surface area contributed by atoms with Crippen LogP contribution in [0.15, 0.2) is 0 Å². The number of carbonyl (C=O) groups is 1. The average molecular weight is 344 g/mol. The molecule has 1 aliphatic carbocycles. The normalized spacial score (nSPS) is 33.3. The predicted octanol–water partition coefficient (Wildman–Crippen LogP) is 1.70. The fourth-order valence-corrected chi connectivity index (χ4v) is 5.40. The van der Waals surface area contributed by atoms with Crippen molar-refractivity contribution in [3.05, 3.63) is 0 Å². The molecule has 3 fully saturated rings. The first-order valence-corrected chi connectivity index (χ1v) is 10.5. The van der Waals surface area contributed by atoms with E-state index in [9.17, 15) is 13.2 Å². The molecule has 23 heavy (non-hydrogen) atoms. The van der Waals surface area contributed by atoms with Gasteiger partial charge < -0.3 is 15.0 Å². The second-order valence-corrected chi connectivity index (χ2v) is 9.87. The smallest absolute Gasteiger partial charge is 0.317 e.